The molecule has 2 aromatic heterocycles. The van der Waals surface area contributed by atoms with E-state index < -0.39 is 0 Å². The third kappa shape index (κ3) is 3.44. The van der Waals surface area contributed by atoms with Crippen LogP contribution in [0.15, 0.2) is 60.7 Å². The Bertz CT molecular complexity index is 1240. The number of fused-ring (bicyclic) bond motifs is 3. The summed E-state index contributed by atoms with van der Waals surface area (Å²) in [5, 5.41) is 8.50. The molecule has 0 aliphatic heterocycles. The maximum absolute atomic E-state index is 12.8. The minimum absolute atomic E-state index is 0.0518. The maximum Gasteiger partial charge on any atom is 0.261 e. The number of aryl methyl sites for hydroxylation is 2. The monoisotopic (exact) mass is 433 g/mol. The second-order valence-corrected chi connectivity index (χ2v) is 8.92. The highest BCUT2D eigenvalue weighted by atomic mass is 35.5. The molecule has 1 N–H and O–H groups in total. The highest BCUT2D eigenvalue weighted by Crippen LogP contribution is 2.42. The Balaban J connectivity index is 1.43. The molecule has 1 aliphatic carbocycles. The lowest BCUT2D eigenvalue weighted by molar-refractivity contribution is 0.0955. The van der Waals surface area contributed by atoms with Gasteiger partial charge in [0.05, 0.1) is 22.0 Å². The number of benzene rings is 2. The van der Waals surface area contributed by atoms with Gasteiger partial charge in [0.2, 0.25) is 0 Å². The van der Waals surface area contributed by atoms with E-state index in [1.807, 2.05) is 60.1 Å². The molecule has 5 rings (SSSR count). The number of para-hydroxylation sites is 1. The number of carbonyl (C=O) groups is 1. The maximum atomic E-state index is 12.8. The first-order chi connectivity index (χ1) is 14.6. The summed E-state index contributed by atoms with van der Waals surface area (Å²) in [4.78, 5) is 14.7. The zero-order chi connectivity index (χ0) is 20.7. The van der Waals surface area contributed by atoms with E-state index in [9.17, 15) is 4.79 Å². The molecule has 2 heterocycles. The lowest BCUT2D eigenvalue weighted by atomic mass is 9.95. The summed E-state index contributed by atoms with van der Waals surface area (Å²) in [7, 11) is 0. The molecule has 0 saturated carbocycles. The highest BCUT2D eigenvalue weighted by molar-refractivity contribution is 7.17. The number of hydrogen-bond acceptors (Lipinski definition) is 3. The zero-order valence-corrected chi connectivity index (χ0v) is 18.1. The van der Waals surface area contributed by atoms with E-state index in [4.69, 9.17) is 16.7 Å². The fraction of sp³-hybridized carbons (Fsp3) is 0.167. The standard InChI is InChI=1S/C24H20ClN3OS/c1-15-22-20(28(27-15)19-8-3-2-4-9-19)11-10-17-13-21(30-23(17)22)24(29)26-14-16-6-5-7-18(25)12-16/h2-9,12-13H,10-11,14H2,1H3,(H,26,29). The van der Waals surface area contributed by atoms with Crippen LogP contribution in [0, 0.1) is 6.92 Å². The van der Waals surface area contributed by atoms with Crippen molar-refractivity contribution >= 4 is 28.8 Å². The first-order valence-electron chi connectivity index (χ1n) is 9.90. The number of nitrogens with zero attached hydrogens (tertiary/aromatic N) is 2. The molecular formula is C24H20ClN3OS. The second kappa shape index (κ2) is 7.74. The molecule has 2 aromatic carbocycles. The number of carbonyl (C=O) groups excluding carboxylic acids is 1. The number of aromatic nitrogens is 2. The van der Waals surface area contributed by atoms with Crippen molar-refractivity contribution in [2.45, 2.75) is 26.3 Å². The van der Waals surface area contributed by atoms with Crippen molar-refractivity contribution in [3.63, 3.8) is 0 Å². The van der Waals surface area contributed by atoms with Crippen molar-refractivity contribution in [1.82, 2.24) is 15.1 Å². The molecule has 0 fully saturated rings. The van der Waals surface area contributed by atoms with Crippen molar-refractivity contribution < 1.29 is 4.79 Å². The predicted molar refractivity (Wildman–Crippen MR) is 122 cm³/mol. The number of amides is 1. The van der Waals surface area contributed by atoms with E-state index in [0.717, 1.165) is 34.7 Å². The van der Waals surface area contributed by atoms with Gasteiger partial charge in [0.15, 0.2) is 0 Å². The average molecular weight is 434 g/mol. The first-order valence-corrected chi connectivity index (χ1v) is 11.1. The van der Waals surface area contributed by atoms with E-state index in [1.54, 1.807) is 11.3 Å². The molecular weight excluding hydrogens is 414 g/mol. The zero-order valence-electron chi connectivity index (χ0n) is 16.5. The van der Waals surface area contributed by atoms with Crippen LogP contribution in [0.4, 0.5) is 0 Å². The Kier molecular flexibility index (Phi) is 4.93. The number of hydrogen-bond donors (Lipinski definition) is 1. The van der Waals surface area contributed by atoms with E-state index >= 15 is 0 Å². The Hall–Kier alpha value is -2.89. The lowest BCUT2D eigenvalue weighted by Gasteiger charge is -2.14. The van der Waals surface area contributed by atoms with Crippen molar-refractivity contribution in [3.8, 4) is 16.1 Å². The Morgan fingerprint density at radius 3 is 2.77 bits per heavy atom. The van der Waals surface area contributed by atoms with Crippen LogP contribution >= 0.6 is 22.9 Å². The molecule has 0 unspecified atom stereocenters. The Morgan fingerprint density at radius 1 is 1.13 bits per heavy atom. The van der Waals surface area contributed by atoms with E-state index in [0.29, 0.717) is 11.6 Å². The van der Waals surface area contributed by atoms with Gasteiger partial charge < -0.3 is 5.32 Å². The largest absolute Gasteiger partial charge is 0.347 e. The van der Waals surface area contributed by atoms with Crippen molar-refractivity contribution in [1.29, 1.82) is 0 Å². The molecule has 0 spiro atoms. The minimum Gasteiger partial charge on any atom is -0.347 e. The van der Waals surface area contributed by atoms with Crippen LogP contribution in [0.3, 0.4) is 0 Å². The average Bonchev–Trinajstić information content (AvgIpc) is 3.34. The van der Waals surface area contributed by atoms with Gasteiger partial charge in [-0.25, -0.2) is 4.68 Å². The van der Waals surface area contributed by atoms with Crippen molar-refractivity contribution in [2.24, 2.45) is 0 Å². The fourth-order valence-electron chi connectivity index (χ4n) is 3.99. The first kappa shape index (κ1) is 19.1. The van der Waals surface area contributed by atoms with E-state index in [1.165, 1.54) is 21.7 Å². The molecule has 6 heteroatoms. The lowest BCUT2D eigenvalue weighted by Crippen LogP contribution is -2.21. The molecule has 4 nitrogen and oxygen atoms in total. The molecule has 0 bridgehead atoms. The van der Waals surface area contributed by atoms with Gasteiger partial charge >= 0.3 is 0 Å². The van der Waals surface area contributed by atoms with Gasteiger partial charge in [0.1, 0.15) is 0 Å². The van der Waals surface area contributed by atoms with Crippen LogP contribution in [0.25, 0.3) is 16.1 Å². The highest BCUT2D eigenvalue weighted by Gasteiger charge is 2.27. The molecule has 0 saturated heterocycles. The number of thiophene rings is 1. The van der Waals surface area contributed by atoms with Crippen LogP contribution in [-0.2, 0) is 19.4 Å². The van der Waals surface area contributed by atoms with Gasteiger partial charge in [-0.15, -0.1) is 11.3 Å². The van der Waals surface area contributed by atoms with Gasteiger partial charge in [-0.3, -0.25) is 4.79 Å². The molecule has 30 heavy (non-hydrogen) atoms. The number of nitrogens with one attached hydrogen (secondary N) is 1. The molecule has 4 aromatic rings. The topological polar surface area (TPSA) is 46.9 Å². The summed E-state index contributed by atoms with van der Waals surface area (Å²) >= 11 is 7.59. The number of halogens is 1. The fourth-order valence-corrected chi connectivity index (χ4v) is 5.45. The number of rotatable bonds is 4. The summed E-state index contributed by atoms with van der Waals surface area (Å²) in [6, 6.07) is 19.8. The SMILES string of the molecule is Cc1nn(-c2ccccc2)c2c1-c1sc(C(=O)NCc3cccc(Cl)c3)cc1CC2. The molecule has 0 radical (unpaired) electrons. The predicted octanol–water partition coefficient (Wildman–Crippen LogP) is 5.59. The van der Waals surface area contributed by atoms with Crippen LogP contribution in [0.1, 0.15) is 32.2 Å². The summed E-state index contributed by atoms with van der Waals surface area (Å²) in [6.45, 7) is 2.50. The van der Waals surface area contributed by atoms with Gasteiger partial charge in [0.25, 0.3) is 5.91 Å². The van der Waals surface area contributed by atoms with Crippen molar-refractivity contribution in [3.05, 3.63) is 93.1 Å². The minimum atomic E-state index is -0.0518. The third-order valence-electron chi connectivity index (χ3n) is 5.39. The van der Waals surface area contributed by atoms with E-state index in [-0.39, 0.29) is 5.91 Å². The van der Waals surface area contributed by atoms with Crippen LogP contribution in [0.5, 0.6) is 0 Å². The molecule has 150 valence electrons. The van der Waals surface area contributed by atoms with Crippen LogP contribution in [0.2, 0.25) is 5.02 Å². The Morgan fingerprint density at radius 2 is 1.97 bits per heavy atom. The van der Waals surface area contributed by atoms with E-state index in [2.05, 4.69) is 17.4 Å². The third-order valence-corrected chi connectivity index (χ3v) is 6.82. The van der Waals surface area contributed by atoms with Crippen molar-refractivity contribution in [2.75, 3.05) is 0 Å². The molecule has 1 aliphatic rings. The molecule has 0 atom stereocenters. The van der Waals surface area contributed by atoms with Gasteiger partial charge in [-0.05, 0) is 61.2 Å². The van der Waals surface area contributed by atoms with Crippen LogP contribution in [-0.4, -0.2) is 15.7 Å². The normalized spacial score (nSPS) is 12.3. The summed E-state index contributed by atoms with van der Waals surface area (Å²) in [6.07, 6.45) is 1.83. The van der Waals surface area contributed by atoms with Crippen LogP contribution < -0.4 is 5.32 Å². The smallest absolute Gasteiger partial charge is 0.261 e. The summed E-state index contributed by atoms with van der Waals surface area (Å²) in [5.74, 6) is -0.0518. The summed E-state index contributed by atoms with van der Waals surface area (Å²) in [5.41, 5.74) is 6.69. The Labute approximate surface area is 184 Å². The summed E-state index contributed by atoms with van der Waals surface area (Å²) < 4.78 is 2.05. The van der Waals surface area contributed by atoms with Gasteiger partial charge in [-0.1, -0.05) is 41.9 Å². The molecule has 1 amide bonds. The second-order valence-electron chi connectivity index (χ2n) is 7.43. The van der Waals surface area contributed by atoms with Gasteiger partial charge in [-0.2, -0.15) is 5.10 Å². The quantitative estimate of drug-likeness (QED) is 0.456. The van der Waals surface area contributed by atoms with Gasteiger partial charge in [0, 0.05) is 22.0 Å².